The van der Waals surface area contributed by atoms with Gasteiger partial charge in [0.25, 0.3) is 0 Å². The summed E-state index contributed by atoms with van der Waals surface area (Å²) in [5, 5.41) is 14.2. The second kappa shape index (κ2) is 14.2. The van der Waals surface area contributed by atoms with Crippen molar-refractivity contribution in [3.63, 3.8) is 0 Å². The number of nitrogens with zero attached hydrogens (tertiary/aromatic N) is 1. The van der Waals surface area contributed by atoms with Crippen LogP contribution in [0.3, 0.4) is 0 Å². The zero-order chi connectivity index (χ0) is 25.2. The first-order valence-corrected chi connectivity index (χ1v) is 13.9. The van der Waals surface area contributed by atoms with Crippen LogP contribution in [-0.4, -0.2) is 83.3 Å². The van der Waals surface area contributed by atoms with E-state index in [4.69, 9.17) is 18.9 Å². The maximum absolute atomic E-state index is 10.9. The molecule has 2 heterocycles. The summed E-state index contributed by atoms with van der Waals surface area (Å²) in [7, 11) is 3.48. The van der Waals surface area contributed by atoms with Crippen molar-refractivity contribution >= 4 is 17.4 Å². The van der Waals surface area contributed by atoms with Crippen LogP contribution < -0.4 is 15.0 Å². The molecule has 4 rings (SSSR count). The second-order valence-corrected chi connectivity index (χ2v) is 10.5. The molecule has 0 spiro atoms. The van der Waals surface area contributed by atoms with E-state index in [1.165, 1.54) is 4.90 Å². The number of β-amino-alcohol motifs (C(OH)–C–C–N with tert-alkyl or cyclic N) is 1. The number of benzene rings is 2. The van der Waals surface area contributed by atoms with E-state index in [0.29, 0.717) is 26.3 Å². The van der Waals surface area contributed by atoms with Gasteiger partial charge in [0.2, 0.25) is 0 Å². The lowest BCUT2D eigenvalue weighted by atomic mass is 9.85. The van der Waals surface area contributed by atoms with E-state index in [1.54, 1.807) is 14.2 Å². The van der Waals surface area contributed by atoms with Crippen LogP contribution in [0.15, 0.2) is 47.4 Å². The zero-order valence-electron chi connectivity index (χ0n) is 21.5. The Kier molecular flexibility index (Phi) is 10.8. The molecular formula is C28H40N2O5S. The average molecular weight is 517 g/mol. The summed E-state index contributed by atoms with van der Waals surface area (Å²) in [5.74, 6) is 1.89. The van der Waals surface area contributed by atoms with Crippen molar-refractivity contribution in [3.8, 4) is 5.75 Å². The largest absolute Gasteiger partial charge is 0.490 e. The van der Waals surface area contributed by atoms with Crippen LogP contribution in [0.4, 0.5) is 5.69 Å². The maximum atomic E-state index is 10.9. The van der Waals surface area contributed by atoms with Crippen molar-refractivity contribution in [3.05, 3.63) is 53.6 Å². The minimum Gasteiger partial charge on any atom is -0.490 e. The Morgan fingerprint density at radius 3 is 2.67 bits per heavy atom. The number of rotatable bonds is 13. The number of anilines is 1. The quantitative estimate of drug-likeness (QED) is 0.309. The second-order valence-electron chi connectivity index (χ2n) is 9.35. The molecule has 36 heavy (non-hydrogen) atoms. The molecule has 2 aliphatic heterocycles. The molecule has 2 N–H and O–H groups in total. The summed E-state index contributed by atoms with van der Waals surface area (Å²) >= 11 is 1.83. The lowest BCUT2D eigenvalue weighted by molar-refractivity contribution is -0.0328. The van der Waals surface area contributed by atoms with Crippen molar-refractivity contribution in [1.29, 1.82) is 0 Å². The third-order valence-corrected chi connectivity index (χ3v) is 7.86. The number of aliphatic hydroxyl groups excluding tert-OH is 1. The monoisotopic (exact) mass is 516 g/mol. The molecule has 1 fully saturated rings. The van der Waals surface area contributed by atoms with E-state index in [2.05, 4.69) is 46.6 Å². The summed E-state index contributed by atoms with van der Waals surface area (Å²) < 4.78 is 22.7. The lowest BCUT2D eigenvalue weighted by Crippen LogP contribution is -2.49. The first kappa shape index (κ1) is 27.2. The highest BCUT2D eigenvalue weighted by atomic mass is 32.2. The van der Waals surface area contributed by atoms with Crippen molar-refractivity contribution in [2.45, 2.75) is 42.5 Å². The van der Waals surface area contributed by atoms with Crippen LogP contribution in [0.2, 0.25) is 0 Å². The van der Waals surface area contributed by atoms with E-state index >= 15 is 0 Å². The van der Waals surface area contributed by atoms with Gasteiger partial charge in [-0.05, 0) is 48.2 Å². The van der Waals surface area contributed by atoms with E-state index in [1.807, 2.05) is 17.8 Å². The molecule has 1 unspecified atom stereocenters. The van der Waals surface area contributed by atoms with Gasteiger partial charge in [-0.15, -0.1) is 11.8 Å². The lowest BCUT2D eigenvalue weighted by Gasteiger charge is -2.36. The molecule has 0 radical (unpaired) electrons. The molecule has 0 amide bonds. The number of hydrogen-bond donors (Lipinski definition) is 2. The average Bonchev–Trinajstić information content (AvgIpc) is 2.91. The summed E-state index contributed by atoms with van der Waals surface area (Å²) in [5.41, 5.74) is 3.35. The smallest absolute Gasteiger partial charge is 0.142 e. The Balaban J connectivity index is 1.39. The van der Waals surface area contributed by atoms with Gasteiger partial charge in [-0.2, -0.15) is 0 Å². The fraction of sp³-hybridized carbons (Fsp3) is 0.571. The Hall–Kier alpha value is -1.81. The predicted octanol–water partition coefficient (Wildman–Crippen LogP) is 3.68. The highest BCUT2D eigenvalue weighted by Gasteiger charge is 2.34. The number of piperidine rings is 1. The summed E-state index contributed by atoms with van der Waals surface area (Å²) in [6.07, 6.45) is 1.41. The Bertz CT molecular complexity index is 929. The van der Waals surface area contributed by atoms with Crippen LogP contribution >= 0.6 is 11.8 Å². The van der Waals surface area contributed by atoms with E-state index < -0.39 is 6.10 Å². The first-order valence-electron chi connectivity index (χ1n) is 12.9. The van der Waals surface area contributed by atoms with E-state index in [0.717, 1.165) is 67.5 Å². The van der Waals surface area contributed by atoms with Gasteiger partial charge in [-0.3, -0.25) is 0 Å². The van der Waals surface area contributed by atoms with Crippen molar-refractivity contribution < 1.29 is 24.1 Å². The van der Waals surface area contributed by atoms with Crippen molar-refractivity contribution in [1.82, 2.24) is 5.32 Å². The Morgan fingerprint density at radius 2 is 1.86 bits per heavy atom. The molecule has 0 bridgehead atoms. The standard InChI is InChI=1S/C28H40N2O5S/c1-32-13-3-11-30-12-15-34-26-10-5-21(17-24(26)30)20-35-27-19-29-18-25(31)28(27)22-6-8-23(9-7-22)36-16-4-14-33-2/h5-10,17,25,27-29,31H,3-4,11-16,18-20H2,1-2H3/t25-,27+,28?/m1/s1. The molecule has 3 atom stereocenters. The molecular weight excluding hydrogens is 476 g/mol. The van der Waals surface area contributed by atoms with Gasteiger partial charge in [-0.25, -0.2) is 0 Å². The molecule has 7 nitrogen and oxygen atoms in total. The Morgan fingerprint density at radius 1 is 1.06 bits per heavy atom. The number of hydrogen-bond acceptors (Lipinski definition) is 8. The number of thioether (sulfide) groups is 1. The minimum atomic E-state index is -0.489. The molecule has 1 saturated heterocycles. The Labute approximate surface area is 219 Å². The minimum absolute atomic E-state index is 0.0645. The first-order chi connectivity index (χ1) is 17.7. The van der Waals surface area contributed by atoms with Crippen LogP contribution in [0.5, 0.6) is 5.75 Å². The fourth-order valence-corrected chi connectivity index (χ4v) is 5.72. The number of nitrogens with one attached hydrogen (secondary N) is 1. The maximum Gasteiger partial charge on any atom is 0.142 e. The van der Waals surface area contributed by atoms with Gasteiger partial charge in [0.1, 0.15) is 12.4 Å². The number of fused-ring (bicyclic) bond motifs is 1. The topological polar surface area (TPSA) is 72.4 Å². The molecule has 2 aromatic carbocycles. The fourth-order valence-electron chi connectivity index (χ4n) is 4.90. The number of ether oxygens (including phenoxy) is 4. The number of methoxy groups -OCH3 is 2. The highest BCUT2D eigenvalue weighted by Crippen LogP contribution is 2.34. The number of aliphatic hydroxyl groups is 1. The van der Waals surface area contributed by atoms with Crippen molar-refractivity contribution in [2.24, 2.45) is 0 Å². The van der Waals surface area contributed by atoms with Gasteiger partial charge in [0, 0.05) is 63.6 Å². The predicted molar refractivity (Wildman–Crippen MR) is 144 cm³/mol. The van der Waals surface area contributed by atoms with Crippen LogP contribution in [0.25, 0.3) is 0 Å². The molecule has 2 aliphatic rings. The molecule has 198 valence electrons. The zero-order valence-corrected chi connectivity index (χ0v) is 22.3. The normalized spacial score (nSPS) is 21.8. The summed E-state index contributed by atoms with van der Waals surface area (Å²) in [6.45, 7) is 5.83. The van der Waals surface area contributed by atoms with Crippen LogP contribution in [0.1, 0.15) is 29.9 Å². The van der Waals surface area contributed by atoms with Crippen LogP contribution in [-0.2, 0) is 20.8 Å². The molecule has 0 saturated carbocycles. The van der Waals surface area contributed by atoms with Gasteiger partial charge in [-0.1, -0.05) is 18.2 Å². The SMILES string of the molecule is COCCCSc1ccc(C2[C@H](O)CNC[C@@H]2OCc2ccc3c(c2)N(CCCOC)CCO3)cc1. The molecule has 0 aromatic heterocycles. The molecule has 2 aromatic rings. The highest BCUT2D eigenvalue weighted by molar-refractivity contribution is 7.99. The van der Waals surface area contributed by atoms with Crippen LogP contribution in [0, 0.1) is 0 Å². The molecule has 8 heteroatoms. The van der Waals surface area contributed by atoms with Gasteiger partial charge in [0.05, 0.1) is 31.0 Å². The summed E-state index contributed by atoms with van der Waals surface area (Å²) in [4.78, 5) is 3.60. The van der Waals surface area contributed by atoms with Gasteiger partial charge < -0.3 is 34.3 Å². The molecule has 0 aliphatic carbocycles. The van der Waals surface area contributed by atoms with Crippen molar-refractivity contribution in [2.75, 3.05) is 70.9 Å². The third-order valence-electron chi connectivity index (χ3n) is 6.76. The van der Waals surface area contributed by atoms with Gasteiger partial charge in [0.15, 0.2) is 0 Å². The van der Waals surface area contributed by atoms with Gasteiger partial charge >= 0.3 is 0 Å². The van der Waals surface area contributed by atoms with E-state index in [9.17, 15) is 5.11 Å². The summed E-state index contributed by atoms with van der Waals surface area (Å²) in [6, 6.07) is 14.9. The van der Waals surface area contributed by atoms with E-state index in [-0.39, 0.29) is 12.0 Å². The third kappa shape index (κ3) is 7.37.